The van der Waals surface area contributed by atoms with Gasteiger partial charge in [-0.2, -0.15) is 0 Å². The van der Waals surface area contributed by atoms with Gasteiger partial charge >= 0.3 is 0 Å². The van der Waals surface area contributed by atoms with Crippen molar-refractivity contribution in [2.45, 2.75) is 19.5 Å². The van der Waals surface area contributed by atoms with Gasteiger partial charge in [0.1, 0.15) is 0 Å². The first-order valence-electron chi connectivity index (χ1n) is 4.90. The summed E-state index contributed by atoms with van der Waals surface area (Å²) in [5.41, 5.74) is 0. The Morgan fingerprint density at radius 3 is 3.13 bits per heavy atom. The van der Waals surface area contributed by atoms with E-state index in [-0.39, 0.29) is 11.9 Å². The van der Waals surface area contributed by atoms with Crippen LogP contribution in [0, 0.1) is 6.92 Å². The predicted molar refractivity (Wildman–Crippen MR) is 65.2 cm³/mol. The Labute approximate surface area is 97.6 Å². The second kappa shape index (κ2) is 5.01. The molecule has 1 aromatic heterocycles. The number of carbonyl (C=O) groups is 1. The smallest absolute Gasteiger partial charge is 0.238 e. The van der Waals surface area contributed by atoms with Crippen LogP contribution in [0.25, 0.3) is 0 Å². The lowest BCUT2D eigenvalue weighted by atomic mass is 10.3. The van der Waals surface area contributed by atoms with E-state index in [0.717, 1.165) is 11.6 Å². The fourth-order valence-electron chi connectivity index (χ4n) is 1.44. The van der Waals surface area contributed by atoms with Gasteiger partial charge in [0.05, 0.1) is 12.6 Å². The number of thioether (sulfide) groups is 1. The maximum atomic E-state index is 11.6. The second-order valence-electron chi connectivity index (χ2n) is 3.50. The minimum Gasteiger partial charge on any atom is -0.350 e. The average Bonchev–Trinajstić information content (AvgIpc) is 2.84. The molecule has 1 aliphatic heterocycles. The third-order valence-corrected chi connectivity index (χ3v) is 4.21. The van der Waals surface area contributed by atoms with Crippen molar-refractivity contribution in [3.8, 4) is 0 Å². The molecule has 3 nitrogen and oxygen atoms in total. The number of hydrogen-bond donors (Lipinski definition) is 2. The van der Waals surface area contributed by atoms with Crippen molar-refractivity contribution in [2.75, 3.05) is 11.6 Å². The van der Waals surface area contributed by atoms with Crippen LogP contribution < -0.4 is 10.6 Å². The molecule has 2 rings (SSSR count). The lowest BCUT2D eigenvalue weighted by molar-refractivity contribution is -0.122. The van der Waals surface area contributed by atoms with E-state index < -0.39 is 0 Å². The Hall–Kier alpha value is -0.520. The summed E-state index contributed by atoms with van der Waals surface area (Å²) in [6.07, 6.45) is 0. The van der Waals surface area contributed by atoms with Crippen LogP contribution in [-0.4, -0.2) is 23.6 Å². The van der Waals surface area contributed by atoms with E-state index >= 15 is 0 Å². The van der Waals surface area contributed by atoms with E-state index in [4.69, 9.17) is 0 Å². The van der Waals surface area contributed by atoms with E-state index in [2.05, 4.69) is 29.7 Å². The molecule has 0 bridgehead atoms. The van der Waals surface area contributed by atoms with Gasteiger partial charge in [-0.1, -0.05) is 0 Å². The lowest BCUT2D eigenvalue weighted by Crippen LogP contribution is -2.41. The summed E-state index contributed by atoms with van der Waals surface area (Å²) in [5, 5.41) is 6.10. The third-order valence-electron chi connectivity index (χ3n) is 2.27. The molecular formula is C10H14N2OS2. The van der Waals surface area contributed by atoms with Crippen molar-refractivity contribution in [3.63, 3.8) is 0 Å². The van der Waals surface area contributed by atoms with E-state index in [9.17, 15) is 4.79 Å². The number of hydrogen-bond acceptors (Lipinski definition) is 4. The minimum atomic E-state index is -0.00365. The van der Waals surface area contributed by atoms with Crippen LogP contribution in [0.4, 0.5) is 0 Å². The van der Waals surface area contributed by atoms with Crippen molar-refractivity contribution in [1.29, 1.82) is 0 Å². The molecule has 1 aliphatic rings. The standard InChI is InChI=1S/C10H14N2OS2/c1-7-2-3-8(15-7)4-11-10(13)9-5-14-6-12-9/h2-3,9,12H,4-6H2,1H3,(H,11,13). The Morgan fingerprint density at radius 2 is 2.53 bits per heavy atom. The van der Waals surface area contributed by atoms with Crippen LogP contribution in [-0.2, 0) is 11.3 Å². The van der Waals surface area contributed by atoms with Gasteiger partial charge in [0, 0.05) is 21.4 Å². The molecule has 0 radical (unpaired) electrons. The van der Waals surface area contributed by atoms with Crippen molar-refractivity contribution < 1.29 is 4.79 Å². The highest BCUT2D eigenvalue weighted by atomic mass is 32.2. The highest BCUT2D eigenvalue weighted by Gasteiger charge is 2.21. The molecule has 15 heavy (non-hydrogen) atoms. The fraction of sp³-hybridized carbons (Fsp3) is 0.500. The lowest BCUT2D eigenvalue weighted by Gasteiger charge is -2.09. The van der Waals surface area contributed by atoms with Crippen LogP contribution in [0.3, 0.4) is 0 Å². The Kier molecular flexibility index (Phi) is 3.66. The predicted octanol–water partition coefficient (Wildman–Crippen LogP) is 1.34. The molecule has 0 spiro atoms. The van der Waals surface area contributed by atoms with Crippen molar-refractivity contribution in [1.82, 2.24) is 10.6 Å². The van der Waals surface area contributed by atoms with Gasteiger partial charge in [0.2, 0.25) is 5.91 Å². The van der Waals surface area contributed by atoms with E-state index in [1.54, 1.807) is 23.1 Å². The summed E-state index contributed by atoms with van der Waals surface area (Å²) in [5.74, 6) is 1.89. The zero-order chi connectivity index (χ0) is 10.7. The summed E-state index contributed by atoms with van der Waals surface area (Å²) < 4.78 is 0. The van der Waals surface area contributed by atoms with E-state index in [1.165, 1.54) is 9.75 Å². The normalized spacial score (nSPS) is 20.5. The van der Waals surface area contributed by atoms with Gasteiger partial charge in [0.25, 0.3) is 0 Å². The molecular weight excluding hydrogens is 228 g/mol. The highest BCUT2D eigenvalue weighted by molar-refractivity contribution is 7.99. The monoisotopic (exact) mass is 242 g/mol. The van der Waals surface area contributed by atoms with E-state index in [0.29, 0.717) is 6.54 Å². The molecule has 1 aromatic rings. The van der Waals surface area contributed by atoms with Gasteiger partial charge < -0.3 is 5.32 Å². The summed E-state index contributed by atoms with van der Waals surface area (Å²) in [6.45, 7) is 2.73. The highest BCUT2D eigenvalue weighted by Crippen LogP contribution is 2.15. The summed E-state index contributed by atoms with van der Waals surface area (Å²) in [4.78, 5) is 14.1. The number of thiophene rings is 1. The zero-order valence-corrected chi connectivity index (χ0v) is 10.2. The van der Waals surface area contributed by atoms with Crippen molar-refractivity contribution in [2.24, 2.45) is 0 Å². The van der Waals surface area contributed by atoms with Gasteiger partial charge in [-0.05, 0) is 19.1 Å². The number of amides is 1. The molecule has 5 heteroatoms. The van der Waals surface area contributed by atoms with Crippen LogP contribution in [0.2, 0.25) is 0 Å². The molecule has 1 atom stereocenters. The maximum absolute atomic E-state index is 11.6. The van der Waals surface area contributed by atoms with Crippen molar-refractivity contribution >= 4 is 29.0 Å². The molecule has 1 fully saturated rings. The first-order chi connectivity index (χ1) is 7.25. The first kappa shape index (κ1) is 11.0. The largest absolute Gasteiger partial charge is 0.350 e. The van der Waals surface area contributed by atoms with Gasteiger partial charge in [-0.25, -0.2) is 0 Å². The molecule has 1 amide bonds. The first-order valence-corrected chi connectivity index (χ1v) is 6.87. The molecule has 2 heterocycles. The quantitative estimate of drug-likeness (QED) is 0.840. The molecule has 82 valence electrons. The number of nitrogens with one attached hydrogen (secondary N) is 2. The van der Waals surface area contributed by atoms with Gasteiger partial charge in [-0.15, -0.1) is 23.1 Å². The van der Waals surface area contributed by atoms with Gasteiger partial charge in [-0.3, -0.25) is 10.1 Å². The summed E-state index contributed by atoms with van der Waals surface area (Å²) in [7, 11) is 0. The van der Waals surface area contributed by atoms with Crippen molar-refractivity contribution in [3.05, 3.63) is 21.9 Å². The summed E-state index contributed by atoms with van der Waals surface area (Å²) in [6, 6.07) is 4.14. The van der Waals surface area contributed by atoms with Crippen LogP contribution >= 0.6 is 23.1 Å². The van der Waals surface area contributed by atoms with Crippen LogP contribution in [0.1, 0.15) is 9.75 Å². The summed E-state index contributed by atoms with van der Waals surface area (Å²) >= 11 is 3.50. The zero-order valence-electron chi connectivity index (χ0n) is 8.58. The Morgan fingerprint density at radius 1 is 1.67 bits per heavy atom. The third kappa shape index (κ3) is 2.96. The average molecular weight is 242 g/mol. The van der Waals surface area contributed by atoms with Gasteiger partial charge in [0.15, 0.2) is 0 Å². The fourth-order valence-corrected chi connectivity index (χ4v) is 3.21. The second-order valence-corrected chi connectivity index (χ2v) is 5.90. The maximum Gasteiger partial charge on any atom is 0.238 e. The molecule has 0 saturated carbocycles. The molecule has 2 N–H and O–H groups in total. The molecule has 1 unspecified atom stereocenters. The number of aryl methyl sites for hydroxylation is 1. The Balaban J connectivity index is 1.80. The topological polar surface area (TPSA) is 41.1 Å². The SMILES string of the molecule is Cc1ccc(CNC(=O)C2CSCN2)s1. The molecule has 0 aromatic carbocycles. The Bertz CT molecular complexity index is 345. The number of rotatable bonds is 3. The van der Waals surface area contributed by atoms with Crippen LogP contribution in [0.5, 0.6) is 0 Å². The number of carbonyl (C=O) groups excluding carboxylic acids is 1. The minimum absolute atomic E-state index is 0.00365. The molecule has 1 saturated heterocycles. The van der Waals surface area contributed by atoms with Crippen LogP contribution in [0.15, 0.2) is 12.1 Å². The van der Waals surface area contributed by atoms with E-state index in [1.807, 2.05) is 0 Å². The molecule has 0 aliphatic carbocycles.